The number of benzene rings is 1. The molecule has 1 unspecified atom stereocenters. The fraction of sp³-hybridized carbons (Fsp3) is 0.625. The van der Waals surface area contributed by atoms with E-state index in [0.29, 0.717) is 6.04 Å². The second kappa shape index (κ2) is 6.24. The maximum atomic E-state index is 5.77. The van der Waals surface area contributed by atoms with Crippen LogP contribution in [0, 0.1) is 12.8 Å². The second-order valence-electron chi connectivity index (χ2n) is 5.35. The number of nitrogens with one attached hydrogen (secondary N) is 1. The van der Waals surface area contributed by atoms with E-state index in [0.717, 1.165) is 18.3 Å². The van der Waals surface area contributed by atoms with Crippen LogP contribution in [0.2, 0.25) is 0 Å². The Labute approximate surface area is 111 Å². The highest BCUT2D eigenvalue weighted by molar-refractivity contribution is 5.39. The monoisotopic (exact) mass is 247 g/mol. The zero-order valence-electron chi connectivity index (χ0n) is 11.8. The quantitative estimate of drug-likeness (QED) is 0.824. The van der Waals surface area contributed by atoms with Crippen molar-refractivity contribution in [1.82, 2.24) is 5.32 Å². The van der Waals surface area contributed by atoms with Crippen molar-refractivity contribution in [3.63, 3.8) is 0 Å². The van der Waals surface area contributed by atoms with Crippen LogP contribution >= 0.6 is 0 Å². The molecule has 1 aliphatic rings. The minimum atomic E-state index is 0.428. The van der Waals surface area contributed by atoms with Gasteiger partial charge in [0.2, 0.25) is 0 Å². The van der Waals surface area contributed by atoms with Gasteiger partial charge < -0.3 is 10.1 Å². The van der Waals surface area contributed by atoms with Crippen LogP contribution in [0.5, 0.6) is 5.75 Å². The van der Waals surface area contributed by atoms with Gasteiger partial charge in [-0.25, -0.2) is 0 Å². The molecule has 1 fully saturated rings. The molecule has 0 saturated heterocycles. The molecule has 0 spiro atoms. The van der Waals surface area contributed by atoms with E-state index in [1.165, 1.54) is 36.8 Å². The number of rotatable bonds is 6. The van der Waals surface area contributed by atoms with Crippen LogP contribution in [-0.2, 0) is 0 Å². The number of ether oxygens (including phenoxy) is 1. The van der Waals surface area contributed by atoms with Gasteiger partial charge in [-0.05, 0) is 39.3 Å². The van der Waals surface area contributed by atoms with Crippen LogP contribution in [0.15, 0.2) is 18.2 Å². The first kappa shape index (κ1) is 13.4. The van der Waals surface area contributed by atoms with Gasteiger partial charge in [-0.3, -0.25) is 0 Å². The van der Waals surface area contributed by atoms with Crippen molar-refractivity contribution in [2.45, 2.75) is 45.6 Å². The van der Waals surface area contributed by atoms with Gasteiger partial charge in [0.05, 0.1) is 6.61 Å². The molecule has 0 aliphatic heterocycles. The molecular formula is C16H25NO. The molecule has 1 aromatic rings. The number of hydrogen-bond acceptors (Lipinski definition) is 2. The van der Waals surface area contributed by atoms with E-state index in [4.69, 9.17) is 4.74 Å². The van der Waals surface area contributed by atoms with Crippen molar-refractivity contribution in [3.05, 3.63) is 29.3 Å². The smallest absolute Gasteiger partial charge is 0.124 e. The summed E-state index contributed by atoms with van der Waals surface area (Å²) >= 11 is 0. The molecule has 2 nitrogen and oxygen atoms in total. The SMILES string of the molecule is CCOc1ccc(C)cc1C(CC1CCC1)NC. The summed E-state index contributed by atoms with van der Waals surface area (Å²) in [5.41, 5.74) is 2.63. The zero-order chi connectivity index (χ0) is 13.0. The van der Waals surface area contributed by atoms with Gasteiger partial charge in [0.15, 0.2) is 0 Å². The van der Waals surface area contributed by atoms with E-state index in [-0.39, 0.29) is 0 Å². The van der Waals surface area contributed by atoms with Crippen LogP contribution in [0.1, 0.15) is 49.8 Å². The molecule has 1 atom stereocenters. The third-order valence-electron chi connectivity index (χ3n) is 3.98. The summed E-state index contributed by atoms with van der Waals surface area (Å²) in [6.45, 7) is 4.93. The van der Waals surface area contributed by atoms with Crippen LogP contribution in [-0.4, -0.2) is 13.7 Å². The lowest BCUT2D eigenvalue weighted by molar-refractivity contribution is 0.260. The van der Waals surface area contributed by atoms with Crippen molar-refractivity contribution in [1.29, 1.82) is 0 Å². The fourth-order valence-corrected chi connectivity index (χ4v) is 2.69. The van der Waals surface area contributed by atoms with Gasteiger partial charge in [-0.2, -0.15) is 0 Å². The molecule has 18 heavy (non-hydrogen) atoms. The van der Waals surface area contributed by atoms with E-state index in [9.17, 15) is 0 Å². The first-order valence-electron chi connectivity index (χ1n) is 7.15. The van der Waals surface area contributed by atoms with E-state index in [1.807, 2.05) is 6.92 Å². The lowest BCUT2D eigenvalue weighted by Gasteiger charge is -2.30. The molecule has 100 valence electrons. The average molecular weight is 247 g/mol. The number of aryl methyl sites for hydroxylation is 1. The van der Waals surface area contributed by atoms with Gasteiger partial charge in [0, 0.05) is 11.6 Å². The maximum absolute atomic E-state index is 5.77. The van der Waals surface area contributed by atoms with Crippen molar-refractivity contribution in [2.75, 3.05) is 13.7 Å². The summed E-state index contributed by atoms with van der Waals surface area (Å²) in [7, 11) is 2.06. The third-order valence-corrected chi connectivity index (χ3v) is 3.98. The summed E-state index contributed by atoms with van der Waals surface area (Å²) in [5, 5.41) is 3.46. The molecule has 1 saturated carbocycles. The Hall–Kier alpha value is -1.02. The van der Waals surface area contributed by atoms with Crippen molar-refractivity contribution < 1.29 is 4.74 Å². The van der Waals surface area contributed by atoms with Crippen molar-refractivity contribution in [2.24, 2.45) is 5.92 Å². The summed E-state index contributed by atoms with van der Waals surface area (Å²) in [6, 6.07) is 6.94. The molecule has 0 aromatic heterocycles. The Balaban J connectivity index is 2.18. The van der Waals surface area contributed by atoms with Crippen molar-refractivity contribution in [3.8, 4) is 5.75 Å². The summed E-state index contributed by atoms with van der Waals surface area (Å²) in [4.78, 5) is 0. The minimum Gasteiger partial charge on any atom is -0.494 e. The molecule has 0 amide bonds. The predicted molar refractivity (Wildman–Crippen MR) is 76.1 cm³/mol. The normalized spacial score (nSPS) is 17.3. The number of hydrogen-bond donors (Lipinski definition) is 1. The van der Waals surface area contributed by atoms with Crippen LogP contribution in [0.3, 0.4) is 0 Å². The summed E-state index contributed by atoms with van der Waals surface area (Å²) in [5.74, 6) is 1.94. The average Bonchev–Trinajstić information content (AvgIpc) is 2.31. The molecule has 1 aliphatic carbocycles. The Morgan fingerprint density at radius 2 is 2.17 bits per heavy atom. The Morgan fingerprint density at radius 3 is 2.72 bits per heavy atom. The topological polar surface area (TPSA) is 21.3 Å². The van der Waals surface area contributed by atoms with Crippen molar-refractivity contribution >= 4 is 0 Å². The largest absolute Gasteiger partial charge is 0.494 e. The minimum absolute atomic E-state index is 0.428. The first-order chi connectivity index (χ1) is 8.74. The molecule has 1 N–H and O–H groups in total. The van der Waals surface area contributed by atoms with Gasteiger partial charge in [0.1, 0.15) is 5.75 Å². The predicted octanol–water partition coefficient (Wildman–Crippen LogP) is 3.84. The zero-order valence-corrected chi connectivity index (χ0v) is 11.8. The van der Waals surface area contributed by atoms with Crippen LogP contribution < -0.4 is 10.1 Å². The Kier molecular flexibility index (Phi) is 4.65. The highest BCUT2D eigenvalue weighted by Crippen LogP contribution is 2.37. The summed E-state index contributed by atoms with van der Waals surface area (Å²) < 4.78 is 5.77. The highest BCUT2D eigenvalue weighted by atomic mass is 16.5. The Bertz CT molecular complexity index is 385. The Morgan fingerprint density at radius 1 is 1.39 bits per heavy atom. The van der Waals surface area contributed by atoms with Gasteiger partial charge in [0.25, 0.3) is 0 Å². The molecule has 1 aromatic carbocycles. The van der Waals surface area contributed by atoms with E-state index in [1.54, 1.807) is 0 Å². The third kappa shape index (κ3) is 3.05. The molecule has 2 rings (SSSR count). The van der Waals surface area contributed by atoms with E-state index >= 15 is 0 Å². The highest BCUT2D eigenvalue weighted by Gasteiger charge is 2.24. The van der Waals surface area contributed by atoms with Gasteiger partial charge in [-0.1, -0.05) is 37.0 Å². The van der Waals surface area contributed by atoms with E-state index < -0.39 is 0 Å². The van der Waals surface area contributed by atoms with Gasteiger partial charge >= 0.3 is 0 Å². The summed E-state index contributed by atoms with van der Waals surface area (Å²) in [6.07, 6.45) is 5.44. The molecule has 0 heterocycles. The van der Waals surface area contributed by atoms with Crippen LogP contribution in [0.25, 0.3) is 0 Å². The lowest BCUT2D eigenvalue weighted by atomic mass is 9.79. The van der Waals surface area contributed by atoms with Gasteiger partial charge in [-0.15, -0.1) is 0 Å². The maximum Gasteiger partial charge on any atom is 0.124 e. The standard InChI is InChI=1S/C16H25NO/c1-4-18-16-9-8-12(2)10-14(16)15(17-3)11-13-6-5-7-13/h8-10,13,15,17H,4-7,11H2,1-3H3. The van der Waals surface area contributed by atoms with Crippen LogP contribution in [0.4, 0.5) is 0 Å². The second-order valence-corrected chi connectivity index (χ2v) is 5.35. The molecule has 0 radical (unpaired) electrons. The fourth-order valence-electron chi connectivity index (χ4n) is 2.69. The first-order valence-corrected chi connectivity index (χ1v) is 7.15. The lowest BCUT2D eigenvalue weighted by Crippen LogP contribution is -2.23. The molecule has 0 bridgehead atoms. The molecule has 2 heteroatoms. The molecular weight excluding hydrogens is 222 g/mol. The van der Waals surface area contributed by atoms with E-state index in [2.05, 4.69) is 37.5 Å².